The number of hydrogen-bond acceptors (Lipinski definition) is 4. The van der Waals surface area contributed by atoms with Crippen LogP contribution in [-0.2, 0) is 19.7 Å². The molecule has 0 radical (unpaired) electrons. The lowest BCUT2D eigenvalue weighted by Crippen LogP contribution is -2.11. The van der Waals surface area contributed by atoms with Gasteiger partial charge in [0.2, 0.25) is 0 Å². The fourth-order valence-electron chi connectivity index (χ4n) is 1.75. The molecule has 0 aliphatic rings. The lowest BCUT2D eigenvalue weighted by atomic mass is 10.3. The van der Waals surface area contributed by atoms with E-state index in [0.717, 1.165) is 22.7 Å². The largest absolute Gasteiger partial charge is 0.487 e. The minimum absolute atomic E-state index is 0.329. The minimum Gasteiger partial charge on any atom is -0.487 e. The zero-order chi connectivity index (χ0) is 14.5. The van der Waals surface area contributed by atoms with Gasteiger partial charge in [0.1, 0.15) is 23.7 Å². The van der Waals surface area contributed by atoms with Crippen LogP contribution in [0.5, 0.6) is 5.75 Å². The van der Waals surface area contributed by atoms with Crippen molar-refractivity contribution in [1.29, 1.82) is 0 Å². The Balaban J connectivity index is 2.12. The fraction of sp³-hybridized carbons (Fsp3) is 0.286. The molecule has 1 aromatic heterocycles. The van der Waals surface area contributed by atoms with Crippen LogP contribution in [0.4, 0.5) is 0 Å². The monoisotopic (exact) mass is 292 g/mol. The van der Waals surface area contributed by atoms with Crippen LogP contribution in [-0.4, -0.2) is 15.0 Å². The molecular formula is C14H17ClN4O. The van der Waals surface area contributed by atoms with E-state index in [1.165, 1.54) is 0 Å². The van der Waals surface area contributed by atoms with Crippen molar-refractivity contribution >= 4 is 11.6 Å². The van der Waals surface area contributed by atoms with Gasteiger partial charge in [0.15, 0.2) is 0 Å². The van der Waals surface area contributed by atoms with E-state index in [0.29, 0.717) is 24.7 Å². The highest BCUT2D eigenvalue weighted by Crippen LogP contribution is 2.17. The predicted octanol–water partition coefficient (Wildman–Crippen LogP) is 2.55. The van der Waals surface area contributed by atoms with E-state index >= 15 is 0 Å². The van der Waals surface area contributed by atoms with Gasteiger partial charge in [0.05, 0.1) is 6.54 Å². The van der Waals surface area contributed by atoms with Crippen molar-refractivity contribution < 1.29 is 4.74 Å². The lowest BCUT2D eigenvalue weighted by Gasteiger charge is -2.09. The van der Waals surface area contributed by atoms with E-state index in [9.17, 15) is 0 Å². The normalized spacial score (nSPS) is 10.6. The molecule has 2 N–H and O–H groups in total. The van der Waals surface area contributed by atoms with Crippen LogP contribution in [0.1, 0.15) is 18.3 Å². The summed E-state index contributed by atoms with van der Waals surface area (Å²) < 4.78 is 7.49. The number of halogens is 1. The summed E-state index contributed by atoms with van der Waals surface area (Å²) in [7, 11) is 0. The first kappa shape index (κ1) is 14.6. The van der Waals surface area contributed by atoms with E-state index in [-0.39, 0.29) is 0 Å². The van der Waals surface area contributed by atoms with Crippen LogP contribution >= 0.6 is 11.6 Å². The topological polar surface area (TPSA) is 66.0 Å². The molecule has 0 bridgehead atoms. The second kappa shape index (κ2) is 6.54. The summed E-state index contributed by atoms with van der Waals surface area (Å²) in [4.78, 5) is 0. The van der Waals surface area contributed by atoms with Gasteiger partial charge in [0, 0.05) is 11.6 Å². The first-order valence-corrected chi connectivity index (χ1v) is 6.62. The summed E-state index contributed by atoms with van der Waals surface area (Å²) in [5, 5.41) is 8.81. The molecule has 0 aliphatic heterocycles. The SMILES string of the molecule is C=C(C)Cn1nnc(CN)c1COc1ccc(Cl)cc1. The molecule has 0 spiro atoms. The highest BCUT2D eigenvalue weighted by atomic mass is 35.5. The number of aromatic nitrogens is 3. The Hall–Kier alpha value is -1.85. The van der Waals surface area contributed by atoms with Gasteiger partial charge >= 0.3 is 0 Å². The molecule has 6 heteroatoms. The number of nitrogens with zero attached hydrogens (tertiary/aromatic N) is 3. The molecule has 0 atom stereocenters. The molecule has 1 aromatic carbocycles. The van der Waals surface area contributed by atoms with E-state index in [1.54, 1.807) is 16.8 Å². The summed E-state index contributed by atoms with van der Waals surface area (Å²) in [6.45, 7) is 7.11. The van der Waals surface area contributed by atoms with Crippen molar-refractivity contribution in [3.63, 3.8) is 0 Å². The van der Waals surface area contributed by atoms with Gasteiger partial charge in [0.25, 0.3) is 0 Å². The van der Waals surface area contributed by atoms with E-state index in [4.69, 9.17) is 22.1 Å². The van der Waals surface area contributed by atoms with Crippen molar-refractivity contribution in [3.05, 3.63) is 52.8 Å². The van der Waals surface area contributed by atoms with E-state index in [2.05, 4.69) is 16.9 Å². The van der Waals surface area contributed by atoms with Crippen LogP contribution in [0.2, 0.25) is 5.02 Å². The first-order chi connectivity index (χ1) is 9.60. The van der Waals surface area contributed by atoms with Crippen LogP contribution in [0.25, 0.3) is 0 Å². The molecule has 20 heavy (non-hydrogen) atoms. The summed E-state index contributed by atoms with van der Waals surface area (Å²) in [6.07, 6.45) is 0. The van der Waals surface area contributed by atoms with Gasteiger partial charge in [-0.1, -0.05) is 29.0 Å². The molecule has 2 aromatic rings. The first-order valence-electron chi connectivity index (χ1n) is 6.24. The van der Waals surface area contributed by atoms with Gasteiger partial charge in [-0.05, 0) is 31.2 Å². The zero-order valence-electron chi connectivity index (χ0n) is 11.3. The zero-order valence-corrected chi connectivity index (χ0v) is 12.1. The molecule has 0 saturated heterocycles. The molecule has 0 unspecified atom stereocenters. The number of ether oxygens (including phenoxy) is 1. The second-order valence-corrected chi connectivity index (χ2v) is 4.98. The Bertz CT molecular complexity index is 592. The number of allylic oxidation sites excluding steroid dienone is 1. The van der Waals surface area contributed by atoms with E-state index < -0.39 is 0 Å². The van der Waals surface area contributed by atoms with Crippen LogP contribution in [0, 0.1) is 0 Å². The molecule has 0 amide bonds. The maximum atomic E-state index is 5.84. The molecule has 1 heterocycles. The van der Waals surface area contributed by atoms with Gasteiger partial charge in [-0.25, -0.2) is 4.68 Å². The maximum Gasteiger partial charge on any atom is 0.132 e. The lowest BCUT2D eigenvalue weighted by molar-refractivity contribution is 0.292. The maximum absolute atomic E-state index is 5.84. The quantitative estimate of drug-likeness (QED) is 0.831. The van der Waals surface area contributed by atoms with Crippen molar-refractivity contribution in [2.24, 2.45) is 5.73 Å². The van der Waals surface area contributed by atoms with Gasteiger partial charge in [-0.3, -0.25) is 0 Å². The van der Waals surface area contributed by atoms with Gasteiger partial charge in [-0.15, -0.1) is 5.10 Å². The Morgan fingerprint density at radius 2 is 2.10 bits per heavy atom. The highest BCUT2D eigenvalue weighted by molar-refractivity contribution is 6.30. The molecule has 0 fully saturated rings. The molecular weight excluding hydrogens is 276 g/mol. The Morgan fingerprint density at radius 1 is 1.40 bits per heavy atom. The molecule has 2 rings (SSSR count). The van der Waals surface area contributed by atoms with Crippen LogP contribution in [0.3, 0.4) is 0 Å². The molecule has 106 valence electrons. The average molecular weight is 293 g/mol. The third-order valence-electron chi connectivity index (χ3n) is 2.72. The third kappa shape index (κ3) is 3.59. The number of rotatable bonds is 6. The second-order valence-electron chi connectivity index (χ2n) is 4.54. The van der Waals surface area contributed by atoms with Crippen LogP contribution in [0.15, 0.2) is 36.4 Å². The van der Waals surface area contributed by atoms with E-state index in [1.807, 2.05) is 19.1 Å². The fourth-order valence-corrected chi connectivity index (χ4v) is 1.88. The van der Waals surface area contributed by atoms with Crippen molar-refractivity contribution in [2.75, 3.05) is 0 Å². The van der Waals surface area contributed by atoms with Gasteiger partial charge < -0.3 is 10.5 Å². The Morgan fingerprint density at radius 3 is 2.70 bits per heavy atom. The number of benzene rings is 1. The Labute approximate surface area is 123 Å². The summed E-state index contributed by atoms with van der Waals surface area (Å²) in [5.41, 5.74) is 8.27. The standard InChI is InChI=1S/C14H17ClN4O/c1-10(2)8-19-14(13(7-16)17-18-19)9-20-12-5-3-11(15)4-6-12/h3-6H,1,7-9,16H2,2H3. The average Bonchev–Trinajstić information content (AvgIpc) is 2.79. The van der Waals surface area contributed by atoms with Crippen LogP contribution < -0.4 is 10.5 Å². The number of nitrogens with two attached hydrogens (primary N) is 1. The Kier molecular flexibility index (Phi) is 4.76. The molecule has 0 aliphatic carbocycles. The van der Waals surface area contributed by atoms with Gasteiger partial charge in [-0.2, -0.15) is 0 Å². The van der Waals surface area contributed by atoms with Crippen molar-refractivity contribution in [3.8, 4) is 5.75 Å². The summed E-state index contributed by atoms with van der Waals surface area (Å²) in [6, 6.07) is 7.20. The minimum atomic E-state index is 0.329. The third-order valence-corrected chi connectivity index (χ3v) is 2.97. The number of hydrogen-bond donors (Lipinski definition) is 1. The predicted molar refractivity (Wildman–Crippen MR) is 78.5 cm³/mol. The summed E-state index contributed by atoms with van der Waals surface area (Å²) in [5.74, 6) is 0.737. The summed E-state index contributed by atoms with van der Waals surface area (Å²) >= 11 is 5.84. The van der Waals surface area contributed by atoms with Crippen molar-refractivity contribution in [2.45, 2.75) is 26.6 Å². The van der Waals surface area contributed by atoms with Crippen molar-refractivity contribution in [1.82, 2.24) is 15.0 Å². The molecule has 5 nitrogen and oxygen atoms in total. The smallest absolute Gasteiger partial charge is 0.132 e. The highest BCUT2D eigenvalue weighted by Gasteiger charge is 2.12. The molecule has 0 saturated carbocycles.